The third kappa shape index (κ3) is 1.33. The second-order valence-corrected chi connectivity index (χ2v) is 1.79. The van der Waals surface area contributed by atoms with E-state index < -0.39 is 16.8 Å². The Balaban J connectivity index is 2.82. The first-order valence-corrected chi connectivity index (χ1v) is 2.94. The molecule has 0 aromatic heterocycles. The van der Waals surface area contributed by atoms with Crippen LogP contribution in [0.25, 0.3) is 0 Å². The molecule has 0 unspecified atom stereocenters. The van der Waals surface area contributed by atoms with Crippen molar-refractivity contribution in [3.8, 4) is 0 Å². The van der Waals surface area contributed by atoms with Crippen LogP contribution in [0.5, 0.6) is 0 Å². The molecule has 0 aliphatic carbocycles. The van der Waals surface area contributed by atoms with Crippen LogP contribution in [0.3, 0.4) is 0 Å². The first kappa shape index (κ1) is 8.42. The lowest BCUT2D eigenvalue weighted by Gasteiger charge is -2.02. The number of carbonyl (C=O) groups excluding carboxylic acids is 1. The number of hydrazine groups is 3. The van der Waals surface area contributed by atoms with Gasteiger partial charge < -0.3 is 0 Å². The zero-order chi connectivity index (χ0) is 9.14. The van der Waals surface area contributed by atoms with Crippen LogP contribution in [0.4, 0.5) is 0 Å². The molecule has 1 heterocycles. The molecule has 0 radical (unpaired) electrons. The van der Waals surface area contributed by atoms with Crippen molar-refractivity contribution in [3.05, 3.63) is 10.1 Å². The van der Waals surface area contributed by atoms with Gasteiger partial charge in [0.25, 0.3) is 0 Å². The van der Waals surface area contributed by atoms with Gasteiger partial charge in [0.1, 0.15) is 0 Å². The Morgan fingerprint density at radius 2 is 2.50 bits per heavy atom. The average Bonchev–Trinajstić information content (AvgIpc) is 2.50. The third-order valence-electron chi connectivity index (χ3n) is 0.956. The van der Waals surface area contributed by atoms with Crippen LogP contribution >= 0.6 is 0 Å². The van der Waals surface area contributed by atoms with E-state index in [0.717, 1.165) is 0 Å². The van der Waals surface area contributed by atoms with E-state index in [1.165, 1.54) is 0 Å². The number of hydrazone groups is 1. The lowest BCUT2D eigenvalue weighted by atomic mass is 10.6. The van der Waals surface area contributed by atoms with Crippen molar-refractivity contribution in [1.82, 2.24) is 16.2 Å². The Kier molecular flexibility index (Phi) is 2.21. The Hall–Kier alpha value is -1.68. The molecular formula is C2H2N6O3S. The van der Waals surface area contributed by atoms with Gasteiger partial charge >= 0.3 is 11.7 Å². The van der Waals surface area contributed by atoms with Crippen molar-refractivity contribution in [3.63, 3.8) is 0 Å². The fourth-order valence-electron chi connectivity index (χ4n) is 0.523. The number of nitrogens with one attached hydrogen (secondary N) is 2. The molecule has 0 atom stereocenters. The summed E-state index contributed by atoms with van der Waals surface area (Å²) >= 11 is 4.04. The van der Waals surface area contributed by atoms with Gasteiger partial charge in [-0.25, -0.2) is 15.6 Å². The molecule has 0 aromatic rings. The first-order chi connectivity index (χ1) is 5.66. The fourth-order valence-corrected chi connectivity index (χ4v) is 0.605. The summed E-state index contributed by atoms with van der Waals surface area (Å²) in [4.78, 5) is 20.9. The highest BCUT2D eigenvalue weighted by Crippen LogP contribution is 1.94. The molecule has 0 saturated carbocycles. The van der Waals surface area contributed by atoms with Crippen LogP contribution in [0.2, 0.25) is 0 Å². The molecular weight excluding hydrogens is 188 g/mol. The van der Waals surface area contributed by atoms with Crippen molar-refractivity contribution < 1.29 is 9.83 Å². The van der Waals surface area contributed by atoms with Gasteiger partial charge in [-0.3, -0.25) is 4.79 Å². The number of nitrogens with zero attached hydrogens (tertiary/aromatic N) is 4. The summed E-state index contributed by atoms with van der Waals surface area (Å²) in [5, 5.41) is 12.8. The fraction of sp³-hybridized carbons (Fsp3) is 0. The minimum absolute atomic E-state index is 0.276. The van der Waals surface area contributed by atoms with Gasteiger partial charge in [0.2, 0.25) is 0 Å². The van der Waals surface area contributed by atoms with Crippen molar-refractivity contribution in [2.24, 2.45) is 9.46 Å². The Morgan fingerprint density at radius 3 is 3.00 bits per heavy atom. The molecule has 0 fully saturated rings. The number of amides is 1. The summed E-state index contributed by atoms with van der Waals surface area (Å²) in [5.41, 5.74) is 3.99. The summed E-state index contributed by atoms with van der Waals surface area (Å²) in [6.45, 7) is 0. The zero-order valence-corrected chi connectivity index (χ0v) is 6.24. The maximum Gasteiger partial charge on any atom is 0.333 e. The second-order valence-electron chi connectivity index (χ2n) is 1.61. The molecule has 1 amide bonds. The highest BCUT2D eigenvalue weighted by atomic mass is 32.1. The Labute approximate surface area is 70.6 Å². The zero-order valence-electron chi connectivity index (χ0n) is 5.42. The molecule has 0 saturated heterocycles. The lowest BCUT2D eigenvalue weighted by molar-refractivity contribution is -0.642. The van der Waals surface area contributed by atoms with E-state index in [1.54, 1.807) is 0 Å². The molecule has 64 valence electrons. The van der Waals surface area contributed by atoms with Crippen molar-refractivity contribution in [2.45, 2.75) is 0 Å². The number of hydrogen-bond acceptors (Lipinski definition) is 7. The average molecular weight is 190 g/mol. The van der Waals surface area contributed by atoms with Gasteiger partial charge in [-0.15, -0.1) is 9.46 Å². The van der Waals surface area contributed by atoms with Crippen molar-refractivity contribution in [2.75, 3.05) is 0 Å². The number of nitro groups is 1. The highest BCUT2D eigenvalue weighted by molar-refractivity contribution is 7.48. The molecule has 9 nitrogen and oxygen atoms in total. The van der Waals surface area contributed by atoms with E-state index in [-0.39, 0.29) is 5.12 Å². The molecule has 0 bridgehead atoms. The number of hydrogen-bond donors (Lipinski definition) is 2. The number of amidine groups is 1. The molecule has 0 aromatic carbocycles. The molecule has 12 heavy (non-hydrogen) atoms. The predicted molar refractivity (Wildman–Crippen MR) is 37.3 cm³/mol. The van der Waals surface area contributed by atoms with E-state index in [9.17, 15) is 14.9 Å². The molecule has 0 spiro atoms. The van der Waals surface area contributed by atoms with Crippen LogP contribution in [0.1, 0.15) is 0 Å². The number of rotatable bonds is 2. The molecule has 10 heteroatoms. The topological polar surface area (TPSA) is 112 Å². The predicted octanol–water partition coefficient (Wildman–Crippen LogP) is -1.93. The highest BCUT2D eigenvalue weighted by Gasteiger charge is 2.32. The Bertz CT molecular complexity index is 274. The van der Waals surface area contributed by atoms with E-state index >= 15 is 0 Å². The third-order valence-corrected chi connectivity index (χ3v) is 1.12. The van der Waals surface area contributed by atoms with Gasteiger partial charge in [-0.1, -0.05) is 5.53 Å². The van der Waals surface area contributed by atoms with Crippen LogP contribution < -0.4 is 11.1 Å². The molecule has 1 aliphatic heterocycles. The normalized spacial score (nSPS) is 15.0. The van der Waals surface area contributed by atoms with E-state index in [0.29, 0.717) is 0 Å². The SMILES string of the molecule is O=C(N=S)C1=NNNN1[N+](=O)[O-]. The van der Waals surface area contributed by atoms with Gasteiger partial charge in [0.15, 0.2) is 5.03 Å². The molecule has 1 rings (SSSR count). The largest absolute Gasteiger partial charge is 0.333 e. The summed E-state index contributed by atoms with van der Waals surface area (Å²) in [7, 11) is 0. The summed E-state index contributed by atoms with van der Waals surface area (Å²) in [5.74, 6) is -1.46. The first-order valence-electron chi connectivity index (χ1n) is 2.57. The maximum absolute atomic E-state index is 10.7. The lowest BCUT2D eigenvalue weighted by Crippen LogP contribution is -2.46. The van der Waals surface area contributed by atoms with Crippen molar-refractivity contribution in [1.29, 1.82) is 0 Å². The summed E-state index contributed by atoms with van der Waals surface area (Å²) < 4.78 is 2.79. The number of carbonyl (C=O) groups is 1. The van der Waals surface area contributed by atoms with Gasteiger partial charge in [-0.05, 0) is 0 Å². The van der Waals surface area contributed by atoms with Crippen LogP contribution in [-0.4, -0.2) is 21.9 Å². The Morgan fingerprint density at radius 1 is 1.83 bits per heavy atom. The van der Waals surface area contributed by atoms with Crippen LogP contribution in [0, 0.1) is 10.1 Å². The van der Waals surface area contributed by atoms with Gasteiger partial charge in [0, 0.05) is 17.5 Å². The smallest absolute Gasteiger partial charge is 0.262 e. The van der Waals surface area contributed by atoms with E-state index in [2.05, 4.69) is 21.9 Å². The minimum atomic E-state index is -0.959. The standard InChI is InChI=1S/C2H2N6O3S/c9-2(4-12)1-3-5-6-7(1)8(10)11/h5-6H. The second kappa shape index (κ2) is 3.15. The molecule has 1 aliphatic rings. The molecule has 2 N–H and O–H groups in total. The minimum Gasteiger partial charge on any atom is -0.262 e. The van der Waals surface area contributed by atoms with Gasteiger partial charge in [-0.2, -0.15) is 0 Å². The van der Waals surface area contributed by atoms with Crippen molar-refractivity contribution >= 4 is 24.2 Å². The van der Waals surface area contributed by atoms with Crippen LogP contribution in [0.15, 0.2) is 9.46 Å². The van der Waals surface area contributed by atoms with E-state index in [4.69, 9.17) is 0 Å². The summed E-state index contributed by atoms with van der Waals surface area (Å²) in [6.07, 6.45) is 0. The quantitative estimate of drug-likeness (QED) is 0.385. The maximum atomic E-state index is 10.7. The van der Waals surface area contributed by atoms with Crippen LogP contribution in [-0.2, 0) is 17.2 Å². The monoisotopic (exact) mass is 190 g/mol. The summed E-state index contributed by atoms with van der Waals surface area (Å²) in [6, 6.07) is 0. The van der Waals surface area contributed by atoms with Gasteiger partial charge in [0.05, 0.1) is 0 Å². The van der Waals surface area contributed by atoms with E-state index in [1.807, 2.05) is 11.1 Å².